The highest BCUT2D eigenvalue weighted by atomic mass is 16.4. The van der Waals surface area contributed by atoms with Gasteiger partial charge in [0.25, 0.3) is 0 Å². The SMILES string of the molecule is CC[C@@H](CNC(=O)[C@@H]1CCCN(C(=O)CCC2CCNCC2)C1)C(=O)O. The minimum Gasteiger partial charge on any atom is -0.481 e. The van der Waals surface area contributed by atoms with Crippen molar-refractivity contribution in [3.05, 3.63) is 0 Å². The van der Waals surface area contributed by atoms with E-state index >= 15 is 0 Å². The Morgan fingerprint density at radius 2 is 1.96 bits per heavy atom. The predicted octanol–water partition coefficient (Wildman–Crippen LogP) is 1.23. The van der Waals surface area contributed by atoms with Gasteiger partial charge in [0.05, 0.1) is 11.8 Å². The molecular formula is C19H33N3O4. The number of hydrogen-bond donors (Lipinski definition) is 3. The Morgan fingerprint density at radius 3 is 2.62 bits per heavy atom. The zero-order valence-electron chi connectivity index (χ0n) is 15.8. The van der Waals surface area contributed by atoms with Gasteiger partial charge in [0.15, 0.2) is 0 Å². The summed E-state index contributed by atoms with van der Waals surface area (Å²) < 4.78 is 0. The number of likely N-dealkylation sites (tertiary alicyclic amines) is 1. The number of piperidine rings is 2. The maximum Gasteiger partial charge on any atom is 0.308 e. The first-order chi connectivity index (χ1) is 12.5. The van der Waals surface area contributed by atoms with E-state index in [1.807, 2.05) is 4.90 Å². The number of nitrogens with one attached hydrogen (secondary N) is 2. The van der Waals surface area contributed by atoms with Crippen LogP contribution in [0.15, 0.2) is 0 Å². The van der Waals surface area contributed by atoms with Crippen LogP contribution in [-0.2, 0) is 14.4 Å². The van der Waals surface area contributed by atoms with Crippen LogP contribution in [0.4, 0.5) is 0 Å². The Kier molecular flexibility index (Phi) is 8.35. The molecule has 0 spiro atoms. The van der Waals surface area contributed by atoms with E-state index < -0.39 is 11.9 Å². The van der Waals surface area contributed by atoms with E-state index in [1.165, 1.54) is 0 Å². The lowest BCUT2D eigenvalue weighted by atomic mass is 9.92. The van der Waals surface area contributed by atoms with Crippen LogP contribution in [0.3, 0.4) is 0 Å². The lowest BCUT2D eigenvalue weighted by Crippen LogP contribution is -2.46. The summed E-state index contributed by atoms with van der Waals surface area (Å²) in [6.45, 7) is 5.22. The van der Waals surface area contributed by atoms with Gasteiger partial charge < -0.3 is 20.6 Å². The van der Waals surface area contributed by atoms with Gasteiger partial charge >= 0.3 is 5.97 Å². The quantitative estimate of drug-likeness (QED) is 0.599. The molecule has 0 radical (unpaired) electrons. The lowest BCUT2D eigenvalue weighted by Gasteiger charge is -2.33. The van der Waals surface area contributed by atoms with Crippen LogP contribution in [-0.4, -0.2) is 60.5 Å². The van der Waals surface area contributed by atoms with Crippen molar-refractivity contribution >= 4 is 17.8 Å². The molecule has 2 amide bonds. The van der Waals surface area contributed by atoms with E-state index in [4.69, 9.17) is 5.11 Å². The summed E-state index contributed by atoms with van der Waals surface area (Å²) in [4.78, 5) is 37.8. The monoisotopic (exact) mass is 367 g/mol. The maximum absolute atomic E-state index is 12.5. The van der Waals surface area contributed by atoms with Crippen molar-refractivity contribution in [1.29, 1.82) is 0 Å². The van der Waals surface area contributed by atoms with E-state index in [2.05, 4.69) is 10.6 Å². The molecule has 7 nitrogen and oxygen atoms in total. The number of aliphatic carboxylic acids is 1. The van der Waals surface area contributed by atoms with Crippen LogP contribution in [0.2, 0.25) is 0 Å². The van der Waals surface area contributed by atoms with Crippen molar-refractivity contribution in [3.8, 4) is 0 Å². The highest BCUT2D eigenvalue weighted by Gasteiger charge is 2.29. The average molecular weight is 367 g/mol. The van der Waals surface area contributed by atoms with Gasteiger partial charge in [0.2, 0.25) is 11.8 Å². The third-order valence-corrected chi connectivity index (χ3v) is 5.73. The van der Waals surface area contributed by atoms with Crippen LogP contribution in [0.25, 0.3) is 0 Å². The third-order valence-electron chi connectivity index (χ3n) is 5.73. The summed E-state index contributed by atoms with van der Waals surface area (Å²) in [5.74, 6) is -1.00. The number of hydrogen-bond acceptors (Lipinski definition) is 4. The molecule has 2 heterocycles. The first kappa shape index (κ1) is 20.7. The second-order valence-electron chi connectivity index (χ2n) is 7.60. The van der Waals surface area contributed by atoms with Crippen LogP contribution >= 0.6 is 0 Å². The molecule has 2 rings (SSSR count). The molecular weight excluding hydrogens is 334 g/mol. The molecule has 0 bridgehead atoms. The lowest BCUT2D eigenvalue weighted by molar-refractivity contribution is -0.141. The largest absolute Gasteiger partial charge is 0.481 e. The number of carbonyl (C=O) groups is 3. The number of rotatable bonds is 8. The minimum absolute atomic E-state index is 0.124. The van der Waals surface area contributed by atoms with Gasteiger partial charge in [0, 0.05) is 26.1 Å². The summed E-state index contributed by atoms with van der Waals surface area (Å²) in [5, 5.41) is 15.2. The molecule has 3 N–H and O–H groups in total. The van der Waals surface area contributed by atoms with Crippen molar-refractivity contribution in [2.75, 3.05) is 32.7 Å². The summed E-state index contributed by atoms with van der Waals surface area (Å²) in [5.41, 5.74) is 0. The topological polar surface area (TPSA) is 98.7 Å². The van der Waals surface area contributed by atoms with Crippen LogP contribution < -0.4 is 10.6 Å². The molecule has 2 aliphatic heterocycles. The van der Waals surface area contributed by atoms with E-state index in [-0.39, 0.29) is 24.3 Å². The van der Waals surface area contributed by atoms with Crippen molar-refractivity contribution in [2.45, 2.75) is 51.9 Å². The van der Waals surface area contributed by atoms with Crippen molar-refractivity contribution < 1.29 is 19.5 Å². The van der Waals surface area contributed by atoms with E-state index in [0.29, 0.717) is 25.3 Å². The average Bonchev–Trinajstić information content (AvgIpc) is 2.67. The summed E-state index contributed by atoms with van der Waals surface area (Å²) >= 11 is 0. The molecule has 2 atom stereocenters. The summed E-state index contributed by atoms with van der Waals surface area (Å²) in [6, 6.07) is 0. The summed E-state index contributed by atoms with van der Waals surface area (Å²) in [7, 11) is 0. The minimum atomic E-state index is -0.883. The number of carbonyl (C=O) groups excluding carboxylic acids is 2. The van der Waals surface area contributed by atoms with Crippen LogP contribution in [0.5, 0.6) is 0 Å². The van der Waals surface area contributed by atoms with Gasteiger partial charge in [-0.2, -0.15) is 0 Å². The van der Waals surface area contributed by atoms with Gasteiger partial charge in [-0.15, -0.1) is 0 Å². The molecule has 0 aromatic heterocycles. The van der Waals surface area contributed by atoms with E-state index in [1.54, 1.807) is 6.92 Å². The first-order valence-corrected chi connectivity index (χ1v) is 10.00. The molecule has 7 heteroatoms. The zero-order chi connectivity index (χ0) is 18.9. The fourth-order valence-corrected chi connectivity index (χ4v) is 3.85. The molecule has 0 aromatic rings. The number of nitrogens with zero attached hydrogens (tertiary/aromatic N) is 1. The molecule has 0 unspecified atom stereocenters. The van der Waals surface area contributed by atoms with Gasteiger partial charge in [-0.25, -0.2) is 0 Å². The smallest absolute Gasteiger partial charge is 0.308 e. The maximum atomic E-state index is 12.5. The third kappa shape index (κ3) is 6.27. The van der Waals surface area contributed by atoms with Gasteiger partial charge in [-0.05, 0) is 57.5 Å². The molecule has 0 saturated carbocycles. The molecule has 2 aliphatic rings. The van der Waals surface area contributed by atoms with E-state index in [0.717, 1.165) is 51.7 Å². The highest BCUT2D eigenvalue weighted by molar-refractivity contribution is 5.82. The Morgan fingerprint density at radius 1 is 1.23 bits per heavy atom. The number of amides is 2. The van der Waals surface area contributed by atoms with Crippen LogP contribution in [0, 0.1) is 17.8 Å². The Labute approximate surface area is 155 Å². The Balaban J connectivity index is 1.75. The van der Waals surface area contributed by atoms with Gasteiger partial charge in [0.1, 0.15) is 0 Å². The number of carboxylic acid groups (broad SMARTS) is 1. The zero-order valence-corrected chi connectivity index (χ0v) is 15.8. The molecule has 148 valence electrons. The first-order valence-electron chi connectivity index (χ1n) is 10.00. The van der Waals surface area contributed by atoms with Gasteiger partial charge in [-0.3, -0.25) is 14.4 Å². The Bertz CT molecular complexity index is 491. The fourth-order valence-electron chi connectivity index (χ4n) is 3.85. The Hall–Kier alpha value is -1.63. The predicted molar refractivity (Wildman–Crippen MR) is 98.6 cm³/mol. The molecule has 2 saturated heterocycles. The standard InChI is InChI=1S/C19H33N3O4/c1-2-15(19(25)26)12-21-18(24)16-4-3-11-22(13-16)17(23)6-5-14-7-9-20-10-8-14/h14-16,20H,2-13H2,1H3,(H,21,24)(H,25,26)/t15-,16+/m0/s1. The molecule has 0 aromatic carbocycles. The fraction of sp³-hybridized carbons (Fsp3) is 0.842. The second-order valence-corrected chi connectivity index (χ2v) is 7.60. The highest BCUT2D eigenvalue weighted by Crippen LogP contribution is 2.21. The van der Waals surface area contributed by atoms with Crippen molar-refractivity contribution in [1.82, 2.24) is 15.5 Å². The molecule has 26 heavy (non-hydrogen) atoms. The van der Waals surface area contributed by atoms with Crippen molar-refractivity contribution in [3.63, 3.8) is 0 Å². The molecule has 0 aliphatic carbocycles. The molecule has 2 fully saturated rings. The summed E-state index contributed by atoms with van der Waals surface area (Å²) in [6.07, 6.45) is 5.85. The number of carboxylic acids is 1. The van der Waals surface area contributed by atoms with E-state index in [9.17, 15) is 14.4 Å². The van der Waals surface area contributed by atoms with Crippen LogP contribution in [0.1, 0.15) is 51.9 Å². The van der Waals surface area contributed by atoms with Gasteiger partial charge in [-0.1, -0.05) is 6.92 Å². The van der Waals surface area contributed by atoms with Crippen molar-refractivity contribution in [2.24, 2.45) is 17.8 Å². The second kappa shape index (κ2) is 10.5. The normalized spacial score (nSPS) is 22.7.